The number of carbonyl (C=O) groups excluding carboxylic acids is 1. The molecular formula is C12H21NO3S. The molecule has 0 aromatic rings. The second kappa shape index (κ2) is 7.58. The Hall–Kier alpha value is -0.710. The number of carboxylic acids is 1. The number of thioether (sulfide) groups is 1. The quantitative estimate of drug-likeness (QED) is 0.687. The first-order valence-electron chi connectivity index (χ1n) is 6.17. The van der Waals surface area contributed by atoms with Crippen molar-refractivity contribution in [2.75, 3.05) is 6.26 Å². The topological polar surface area (TPSA) is 66.4 Å². The van der Waals surface area contributed by atoms with Crippen LogP contribution in [0.1, 0.15) is 44.9 Å². The molecule has 2 N–H and O–H groups in total. The van der Waals surface area contributed by atoms with Gasteiger partial charge in [-0.3, -0.25) is 9.59 Å². The van der Waals surface area contributed by atoms with Crippen LogP contribution in [0.2, 0.25) is 0 Å². The lowest BCUT2D eigenvalue weighted by molar-refractivity contribution is -0.137. The van der Waals surface area contributed by atoms with Gasteiger partial charge in [-0.2, -0.15) is 11.8 Å². The Balaban J connectivity index is 2.14. The van der Waals surface area contributed by atoms with Crippen LogP contribution in [-0.4, -0.2) is 34.5 Å². The summed E-state index contributed by atoms with van der Waals surface area (Å²) in [7, 11) is 0. The van der Waals surface area contributed by atoms with Crippen molar-refractivity contribution in [3.05, 3.63) is 0 Å². The van der Waals surface area contributed by atoms with Crippen molar-refractivity contribution in [2.24, 2.45) is 0 Å². The fourth-order valence-electron chi connectivity index (χ4n) is 2.21. The van der Waals surface area contributed by atoms with E-state index in [1.54, 1.807) is 0 Å². The molecule has 0 aliphatic heterocycles. The Morgan fingerprint density at radius 2 is 2.00 bits per heavy atom. The average molecular weight is 259 g/mol. The molecule has 1 amide bonds. The maximum Gasteiger partial charge on any atom is 0.303 e. The van der Waals surface area contributed by atoms with Crippen molar-refractivity contribution in [1.29, 1.82) is 0 Å². The second-order valence-electron chi connectivity index (χ2n) is 4.48. The van der Waals surface area contributed by atoms with Crippen LogP contribution >= 0.6 is 11.8 Å². The van der Waals surface area contributed by atoms with Crippen LogP contribution in [0.5, 0.6) is 0 Å². The highest BCUT2D eigenvalue weighted by molar-refractivity contribution is 7.99. The van der Waals surface area contributed by atoms with Crippen molar-refractivity contribution in [3.8, 4) is 0 Å². The highest BCUT2D eigenvalue weighted by Gasteiger charge is 2.27. The van der Waals surface area contributed by atoms with Gasteiger partial charge in [-0.25, -0.2) is 0 Å². The summed E-state index contributed by atoms with van der Waals surface area (Å²) < 4.78 is 0. The number of amides is 1. The van der Waals surface area contributed by atoms with E-state index in [-0.39, 0.29) is 12.3 Å². The molecule has 1 saturated carbocycles. The lowest BCUT2D eigenvalue weighted by Gasteiger charge is -2.19. The first-order chi connectivity index (χ1) is 8.13. The summed E-state index contributed by atoms with van der Waals surface area (Å²) in [4.78, 5) is 21.9. The molecule has 0 bridgehead atoms. The van der Waals surface area contributed by atoms with Crippen molar-refractivity contribution in [3.63, 3.8) is 0 Å². The molecule has 0 aromatic carbocycles. The lowest BCUT2D eigenvalue weighted by atomic mass is 10.1. The molecule has 0 radical (unpaired) electrons. The van der Waals surface area contributed by atoms with Crippen LogP contribution in [0.25, 0.3) is 0 Å². The number of carboxylic acid groups (broad SMARTS) is 1. The van der Waals surface area contributed by atoms with E-state index in [1.807, 2.05) is 11.8 Å². The van der Waals surface area contributed by atoms with Gasteiger partial charge in [-0.05, 0) is 31.9 Å². The number of rotatable bonds is 7. The Kier molecular flexibility index (Phi) is 6.40. The summed E-state index contributed by atoms with van der Waals surface area (Å²) in [6, 6.07) is 0.317. The van der Waals surface area contributed by atoms with Crippen LogP contribution in [-0.2, 0) is 9.59 Å². The van der Waals surface area contributed by atoms with Crippen LogP contribution < -0.4 is 5.32 Å². The Bertz CT molecular complexity index is 270. The van der Waals surface area contributed by atoms with E-state index in [0.29, 0.717) is 30.6 Å². The van der Waals surface area contributed by atoms with Crippen molar-refractivity contribution in [1.82, 2.24) is 5.32 Å². The number of aliphatic carboxylic acids is 1. The molecule has 98 valence electrons. The summed E-state index contributed by atoms with van der Waals surface area (Å²) >= 11 is 1.82. The fourth-order valence-corrected chi connectivity index (χ4v) is 3.15. The summed E-state index contributed by atoms with van der Waals surface area (Å²) in [5.41, 5.74) is 0. The molecule has 0 spiro atoms. The van der Waals surface area contributed by atoms with Gasteiger partial charge in [0.05, 0.1) is 0 Å². The number of nitrogens with one attached hydrogen (secondary N) is 1. The number of carbonyl (C=O) groups is 2. The smallest absolute Gasteiger partial charge is 0.303 e. The maximum atomic E-state index is 11.6. The van der Waals surface area contributed by atoms with E-state index in [0.717, 1.165) is 6.42 Å². The molecule has 17 heavy (non-hydrogen) atoms. The van der Waals surface area contributed by atoms with Gasteiger partial charge in [-0.1, -0.05) is 6.42 Å². The third-order valence-corrected chi connectivity index (χ3v) is 4.32. The predicted molar refractivity (Wildman–Crippen MR) is 69.2 cm³/mol. The first kappa shape index (κ1) is 14.4. The molecule has 4 nitrogen and oxygen atoms in total. The minimum atomic E-state index is -0.788. The van der Waals surface area contributed by atoms with Crippen LogP contribution in [0.15, 0.2) is 0 Å². The van der Waals surface area contributed by atoms with Gasteiger partial charge in [-0.15, -0.1) is 0 Å². The number of hydrogen-bond acceptors (Lipinski definition) is 3. The summed E-state index contributed by atoms with van der Waals surface area (Å²) in [6.45, 7) is 0. The van der Waals surface area contributed by atoms with E-state index in [9.17, 15) is 9.59 Å². The van der Waals surface area contributed by atoms with Crippen LogP contribution in [0, 0.1) is 0 Å². The van der Waals surface area contributed by atoms with Gasteiger partial charge < -0.3 is 10.4 Å². The van der Waals surface area contributed by atoms with E-state index < -0.39 is 5.97 Å². The van der Waals surface area contributed by atoms with E-state index in [4.69, 9.17) is 5.11 Å². The van der Waals surface area contributed by atoms with Gasteiger partial charge in [0.1, 0.15) is 0 Å². The van der Waals surface area contributed by atoms with Crippen molar-refractivity contribution in [2.45, 2.75) is 56.2 Å². The third-order valence-electron chi connectivity index (χ3n) is 3.15. The zero-order valence-corrected chi connectivity index (χ0v) is 11.1. The van der Waals surface area contributed by atoms with E-state index in [1.165, 1.54) is 12.8 Å². The highest BCUT2D eigenvalue weighted by atomic mass is 32.2. The van der Waals surface area contributed by atoms with Gasteiger partial charge in [0.25, 0.3) is 0 Å². The molecule has 1 aliphatic rings. The molecule has 0 aromatic heterocycles. The number of unbranched alkanes of at least 4 members (excludes halogenated alkanes) is 1. The second-order valence-corrected chi connectivity index (χ2v) is 5.56. The van der Waals surface area contributed by atoms with Crippen LogP contribution in [0.4, 0.5) is 0 Å². The third kappa shape index (κ3) is 5.44. The van der Waals surface area contributed by atoms with Crippen molar-refractivity contribution < 1.29 is 14.7 Å². The van der Waals surface area contributed by atoms with Gasteiger partial charge in [0, 0.05) is 24.1 Å². The lowest BCUT2D eigenvalue weighted by Crippen LogP contribution is -2.38. The normalized spacial score (nSPS) is 23.6. The molecule has 1 aliphatic carbocycles. The molecular weight excluding hydrogens is 238 g/mol. The Morgan fingerprint density at radius 3 is 2.65 bits per heavy atom. The van der Waals surface area contributed by atoms with Crippen LogP contribution in [0.3, 0.4) is 0 Å². The zero-order valence-electron chi connectivity index (χ0n) is 10.3. The number of hydrogen-bond donors (Lipinski definition) is 2. The summed E-state index contributed by atoms with van der Waals surface area (Å²) in [5.74, 6) is -0.718. The van der Waals surface area contributed by atoms with E-state index >= 15 is 0 Å². The van der Waals surface area contributed by atoms with Gasteiger partial charge in [0.2, 0.25) is 5.91 Å². The largest absolute Gasteiger partial charge is 0.481 e. The highest BCUT2D eigenvalue weighted by Crippen LogP contribution is 2.28. The standard InChI is InChI=1S/C12H21NO3S/c1-17-10-6-4-5-9(10)13-11(14)7-2-3-8-12(15)16/h9-10H,2-8H2,1H3,(H,13,14)(H,15,16). The monoisotopic (exact) mass is 259 g/mol. The molecule has 5 heteroatoms. The van der Waals surface area contributed by atoms with Crippen molar-refractivity contribution >= 4 is 23.6 Å². The fraction of sp³-hybridized carbons (Fsp3) is 0.833. The SMILES string of the molecule is CSC1CCCC1NC(=O)CCCCC(=O)O. The average Bonchev–Trinajstić information content (AvgIpc) is 2.71. The van der Waals surface area contributed by atoms with Gasteiger partial charge >= 0.3 is 5.97 Å². The molecule has 0 saturated heterocycles. The minimum Gasteiger partial charge on any atom is -0.481 e. The Labute approximate surface area is 107 Å². The molecule has 1 fully saturated rings. The Morgan fingerprint density at radius 1 is 1.29 bits per heavy atom. The predicted octanol–water partition coefficient (Wildman–Crippen LogP) is 2.03. The molecule has 2 atom stereocenters. The summed E-state index contributed by atoms with van der Waals surface area (Å²) in [5, 5.41) is 12.1. The summed E-state index contributed by atoms with van der Waals surface area (Å²) in [6.07, 6.45) is 7.39. The minimum absolute atomic E-state index is 0.0707. The van der Waals surface area contributed by atoms with Gasteiger partial charge in [0.15, 0.2) is 0 Å². The molecule has 0 heterocycles. The molecule has 2 unspecified atom stereocenters. The molecule has 1 rings (SSSR count). The first-order valence-corrected chi connectivity index (χ1v) is 7.46. The maximum absolute atomic E-state index is 11.6. The van der Waals surface area contributed by atoms with E-state index in [2.05, 4.69) is 11.6 Å². The zero-order chi connectivity index (χ0) is 12.7.